The van der Waals surface area contributed by atoms with Crippen molar-refractivity contribution in [2.45, 2.75) is 25.5 Å². The van der Waals surface area contributed by atoms with Crippen molar-refractivity contribution in [3.05, 3.63) is 45.7 Å². The van der Waals surface area contributed by atoms with Crippen molar-refractivity contribution in [1.29, 1.82) is 0 Å². The summed E-state index contributed by atoms with van der Waals surface area (Å²) in [4.78, 5) is 0. The SMILES string of the molecule is CCC(N)C(Oc1cc(Br)ccc1Cl)c1cnn(C)c1. The third-order valence-electron chi connectivity index (χ3n) is 3.06. The molecule has 0 amide bonds. The third-order valence-corrected chi connectivity index (χ3v) is 3.87. The molecule has 1 aromatic heterocycles. The van der Waals surface area contributed by atoms with Gasteiger partial charge in [-0.25, -0.2) is 0 Å². The number of halogens is 2. The van der Waals surface area contributed by atoms with E-state index < -0.39 is 0 Å². The number of hydrogen-bond donors (Lipinski definition) is 1. The van der Waals surface area contributed by atoms with Gasteiger partial charge in [0, 0.05) is 29.3 Å². The normalized spacial score (nSPS) is 14.1. The molecule has 0 fully saturated rings. The first-order valence-electron chi connectivity index (χ1n) is 6.37. The molecule has 0 aliphatic rings. The Morgan fingerprint density at radius 2 is 2.25 bits per heavy atom. The minimum atomic E-state index is -0.277. The monoisotopic (exact) mass is 357 g/mol. The van der Waals surface area contributed by atoms with Crippen molar-refractivity contribution in [1.82, 2.24) is 9.78 Å². The molecule has 2 N–H and O–H groups in total. The quantitative estimate of drug-likeness (QED) is 0.887. The lowest BCUT2D eigenvalue weighted by Crippen LogP contribution is -2.31. The first-order valence-corrected chi connectivity index (χ1v) is 7.54. The van der Waals surface area contributed by atoms with Crippen molar-refractivity contribution in [3.8, 4) is 5.75 Å². The number of benzene rings is 1. The summed E-state index contributed by atoms with van der Waals surface area (Å²) in [5.41, 5.74) is 7.12. The Morgan fingerprint density at radius 1 is 1.50 bits per heavy atom. The number of nitrogens with two attached hydrogens (primary N) is 1. The van der Waals surface area contributed by atoms with E-state index in [-0.39, 0.29) is 12.1 Å². The van der Waals surface area contributed by atoms with E-state index in [1.165, 1.54) is 0 Å². The van der Waals surface area contributed by atoms with Crippen LogP contribution in [0.25, 0.3) is 0 Å². The predicted molar refractivity (Wildman–Crippen MR) is 84.0 cm³/mol. The molecule has 0 aliphatic heterocycles. The van der Waals surface area contributed by atoms with Crippen LogP contribution >= 0.6 is 27.5 Å². The maximum absolute atomic E-state index is 6.18. The fourth-order valence-electron chi connectivity index (χ4n) is 1.91. The van der Waals surface area contributed by atoms with Crippen molar-refractivity contribution in [3.63, 3.8) is 0 Å². The molecule has 1 heterocycles. The van der Waals surface area contributed by atoms with Crippen LogP contribution in [0.4, 0.5) is 0 Å². The average Bonchev–Trinajstić information content (AvgIpc) is 2.85. The Morgan fingerprint density at radius 3 is 2.85 bits per heavy atom. The van der Waals surface area contributed by atoms with E-state index in [0.29, 0.717) is 10.8 Å². The van der Waals surface area contributed by atoms with E-state index in [1.54, 1.807) is 16.9 Å². The second-order valence-corrected chi connectivity index (χ2v) is 5.96. The maximum atomic E-state index is 6.18. The van der Waals surface area contributed by atoms with Crippen molar-refractivity contribution >= 4 is 27.5 Å². The van der Waals surface area contributed by atoms with Crippen LogP contribution in [0.15, 0.2) is 35.1 Å². The molecule has 4 nitrogen and oxygen atoms in total. The van der Waals surface area contributed by atoms with Crippen LogP contribution < -0.4 is 10.5 Å². The molecule has 0 saturated carbocycles. The molecule has 0 bridgehead atoms. The van der Waals surface area contributed by atoms with Gasteiger partial charge in [0.05, 0.1) is 11.2 Å². The zero-order valence-electron chi connectivity index (χ0n) is 11.4. The van der Waals surface area contributed by atoms with E-state index in [0.717, 1.165) is 16.5 Å². The molecule has 0 aliphatic carbocycles. The summed E-state index contributed by atoms with van der Waals surface area (Å²) >= 11 is 9.59. The highest BCUT2D eigenvalue weighted by Crippen LogP contribution is 2.33. The van der Waals surface area contributed by atoms with Gasteiger partial charge >= 0.3 is 0 Å². The summed E-state index contributed by atoms with van der Waals surface area (Å²) in [5.74, 6) is 0.610. The standard InChI is InChI=1S/C14H17BrClN3O/c1-3-12(17)14(9-7-18-19(2)8-9)20-13-6-10(15)4-5-11(13)16/h4-8,12,14H,3,17H2,1-2H3. The largest absolute Gasteiger partial charge is 0.482 e. The number of nitrogens with zero attached hydrogens (tertiary/aromatic N) is 2. The maximum Gasteiger partial charge on any atom is 0.142 e. The van der Waals surface area contributed by atoms with E-state index in [9.17, 15) is 0 Å². The molecule has 108 valence electrons. The van der Waals surface area contributed by atoms with E-state index in [1.807, 2.05) is 32.3 Å². The lowest BCUT2D eigenvalue weighted by atomic mass is 10.0. The fourth-order valence-corrected chi connectivity index (χ4v) is 2.41. The third kappa shape index (κ3) is 3.53. The van der Waals surface area contributed by atoms with Crippen LogP contribution in [0.5, 0.6) is 5.75 Å². The van der Waals surface area contributed by atoms with Gasteiger partial charge in [-0.3, -0.25) is 4.68 Å². The molecule has 0 radical (unpaired) electrons. The molecule has 2 atom stereocenters. The van der Waals surface area contributed by atoms with Crippen LogP contribution in [-0.4, -0.2) is 15.8 Å². The molecule has 2 aromatic rings. The van der Waals surface area contributed by atoms with Gasteiger partial charge in [0.1, 0.15) is 11.9 Å². The molecule has 6 heteroatoms. The Kier molecular flexibility index (Phi) is 5.07. The highest BCUT2D eigenvalue weighted by atomic mass is 79.9. The Bertz CT molecular complexity index is 588. The van der Waals surface area contributed by atoms with Crippen LogP contribution in [0.2, 0.25) is 5.02 Å². The lowest BCUT2D eigenvalue weighted by molar-refractivity contribution is 0.171. The van der Waals surface area contributed by atoms with E-state index in [4.69, 9.17) is 22.1 Å². The number of ether oxygens (including phenoxy) is 1. The minimum Gasteiger partial charge on any atom is -0.482 e. The Hall–Kier alpha value is -1.04. The Balaban J connectivity index is 2.30. The van der Waals surface area contributed by atoms with Crippen molar-refractivity contribution in [2.24, 2.45) is 12.8 Å². The first-order chi connectivity index (χ1) is 9.51. The average molecular weight is 359 g/mol. The molecule has 2 unspecified atom stereocenters. The molecule has 0 saturated heterocycles. The lowest BCUT2D eigenvalue weighted by Gasteiger charge is -2.24. The molecule has 0 spiro atoms. The van der Waals surface area contributed by atoms with Crippen LogP contribution in [0, 0.1) is 0 Å². The fraction of sp³-hybridized carbons (Fsp3) is 0.357. The summed E-state index contributed by atoms with van der Waals surface area (Å²) in [6, 6.07) is 5.37. The van der Waals surface area contributed by atoms with Crippen LogP contribution in [-0.2, 0) is 7.05 Å². The Labute approximate surface area is 132 Å². The number of hydrogen-bond acceptors (Lipinski definition) is 3. The van der Waals surface area contributed by atoms with Gasteiger partial charge in [-0.05, 0) is 24.6 Å². The minimum absolute atomic E-state index is 0.130. The van der Waals surface area contributed by atoms with E-state index in [2.05, 4.69) is 21.0 Å². The van der Waals surface area contributed by atoms with Crippen molar-refractivity contribution in [2.75, 3.05) is 0 Å². The van der Waals surface area contributed by atoms with Crippen LogP contribution in [0.1, 0.15) is 25.0 Å². The number of aromatic nitrogens is 2. The zero-order chi connectivity index (χ0) is 14.7. The van der Waals surface area contributed by atoms with E-state index >= 15 is 0 Å². The summed E-state index contributed by atoms with van der Waals surface area (Å²) in [6.07, 6.45) is 4.20. The number of rotatable bonds is 5. The summed E-state index contributed by atoms with van der Waals surface area (Å²) in [5, 5.41) is 4.74. The number of aryl methyl sites for hydroxylation is 1. The van der Waals surface area contributed by atoms with Crippen molar-refractivity contribution < 1.29 is 4.74 Å². The smallest absolute Gasteiger partial charge is 0.142 e. The molecule has 2 rings (SSSR count). The van der Waals surface area contributed by atoms with Gasteiger partial charge in [-0.2, -0.15) is 5.10 Å². The van der Waals surface area contributed by atoms with Gasteiger partial charge < -0.3 is 10.5 Å². The van der Waals surface area contributed by atoms with Gasteiger partial charge in [0.15, 0.2) is 0 Å². The topological polar surface area (TPSA) is 53.1 Å². The van der Waals surface area contributed by atoms with Gasteiger partial charge in [0.2, 0.25) is 0 Å². The molecular formula is C14H17BrClN3O. The first kappa shape index (κ1) is 15.4. The second-order valence-electron chi connectivity index (χ2n) is 4.63. The molecule has 20 heavy (non-hydrogen) atoms. The van der Waals surface area contributed by atoms with Gasteiger partial charge in [0.25, 0.3) is 0 Å². The highest BCUT2D eigenvalue weighted by molar-refractivity contribution is 9.10. The predicted octanol–water partition coefficient (Wildman–Crippen LogP) is 3.69. The summed E-state index contributed by atoms with van der Waals surface area (Å²) in [6.45, 7) is 2.03. The summed E-state index contributed by atoms with van der Waals surface area (Å²) in [7, 11) is 1.87. The highest BCUT2D eigenvalue weighted by Gasteiger charge is 2.23. The second kappa shape index (κ2) is 6.61. The van der Waals surface area contributed by atoms with Gasteiger partial charge in [-0.15, -0.1) is 0 Å². The van der Waals surface area contributed by atoms with Gasteiger partial charge in [-0.1, -0.05) is 34.5 Å². The molecular weight excluding hydrogens is 342 g/mol. The summed E-state index contributed by atoms with van der Waals surface area (Å²) < 4.78 is 8.68. The molecule has 1 aromatic carbocycles. The zero-order valence-corrected chi connectivity index (χ0v) is 13.7. The van der Waals surface area contributed by atoms with Crippen LogP contribution in [0.3, 0.4) is 0 Å².